The summed E-state index contributed by atoms with van der Waals surface area (Å²) < 4.78 is 15.1. The summed E-state index contributed by atoms with van der Waals surface area (Å²) in [5.41, 5.74) is 0.578. The molecule has 1 amide bonds. The lowest BCUT2D eigenvalue weighted by atomic mass is 10.2. The first-order chi connectivity index (χ1) is 12.6. The van der Waals surface area contributed by atoms with Crippen LogP contribution in [0.4, 0.5) is 10.3 Å². The molecule has 0 saturated carbocycles. The normalized spacial score (nSPS) is 12.1. The van der Waals surface area contributed by atoms with Crippen LogP contribution >= 0.6 is 23.4 Å². The van der Waals surface area contributed by atoms with Crippen LogP contribution in [0.5, 0.6) is 0 Å². The van der Waals surface area contributed by atoms with E-state index in [0.717, 1.165) is 5.75 Å². The Labute approximate surface area is 159 Å². The Morgan fingerprint density at radius 2 is 2.19 bits per heavy atom. The van der Waals surface area contributed by atoms with Crippen molar-refractivity contribution in [3.05, 3.63) is 53.6 Å². The second-order valence-corrected chi connectivity index (χ2v) is 6.95. The first kappa shape index (κ1) is 18.5. The lowest BCUT2D eigenvalue weighted by molar-refractivity contribution is -0.119. The predicted octanol–water partition coefficient (Wildman–Crippen LogP) is 4.00. The molecule has 0 fully saturated rings. The van der Waals surface area contributed by atoms with Gasteiger partial charge in [-0.2, -0.15) is 16.7 Å². The van der Waals surface area contributed by atoms with Gasteiger partial charge in [-0.1, -0.05) is 11.6 Å². The van der Waals surface area contributed by atoms with Gasteiger partial charge >= 0.3 is 0 Å². The van der Waals surface area contributed by atoms with Crippen LogP contribution in [0.15, 0.2) is 42.7 Å². The lowest BCUT2D eigenvalue weighted by Gasteiger charge is -2.17. The largest absolute Gasteiger partial charge is 0.342 e. The summed E-state index contributed by atoms with van der Waals surface area (Å²) in [4.78, 5) is 16.9. The van der Waals surface area contributed by atoms with Gasteiger partial charge < -0.3 is 4.57 Å². The number of rotatable bonds is 7. The van der Waals surface area contributed by atoms with Crippen LogP contribution in [0.3, 0.4) is 0 Å². The maximum Gasteiger partial charge on any atom is 0.249 e. The molecular weight excluding hydrogens is 377 g/mol. The maximum atomic E-state index is 13.3. The highest BCUT2D eigenvalue weighted by Crippen LogP contribution is 2.23. The van der Waals surface area contributed by atoms with E-state index in [9.17, 15) is 9.18 Å². The van der Waals surface area contributed by atoms with Gasteiger partial charge in [0.2, 0.25) is 11.9 Å². The van der Waals surface area contributed by atoms with E-state index in [1.165, 1.54) is 18.2 Å². The molecule has 0 unspecified atom stereocenters. The first-order valence-corrected chi connectivity index (χ1v) is 9.65. The Bertz CT molecular complexity index is 883. The smallest absolute Gasteiger partial charge is 0.249 e. The first-order valence-electron chi connectivity index (χ1n) is 7.88. The SMILES string of the molecule is CSCC[C@H](C(=O)Nc1n[nH]c(-c2ccc(F)c(Cl)c2)n1)n1cccc1. The van der Waals surface area contributed by atoms with Crippen molar-refractivity contribution in [1.29, 1.82) is 0 Å². The summed E-state index contributed by atoms with van der Waals surface area (Å²) in [5.74, 6) is 0.698. The van der Waals surface area contributed by atoms with E-state index in [-0.39, 0.29) is 22.9 Å². The molecule has 2 aromatic heterocycles. The number of halogens is 2. The summed E-state index contributed by atoms with van der Waals surface area (Å²) in [5, 5.41) is 9.45. The number of nitrogens with zero attached hydrogens (tertiary/aromatic N) is 3. The summed E-state index contributed by atoms with van der Waals surface area (Å²) in [6.45, 7) is 0. The van der Waals surface area contributed by atoms with Crippen LogP contribution < -0.4 is 5.32 Å². The zero-order valence-electron chi connectivity index (χ0n) is 13.9. The minimum absolute atomic E-state index is 0.00535. The van der Waals surface area contributed by atoms with Gasteiger partial charge in [0.05, 0.1) is 5.02 Å². The quantitative estimate of drug-likeness (QED) is 0.636. The number of benzene rings is 1. The van der Waals surface area contributed by atoms with Crippen LogP contribution in [0.25, 0.3) is 11.4 Å². The molecule has 26 heavy (non-hydrogen) atoms. The van der Waals surface area contributed by atoms with E-state index >= 15 is 0 Å². The van der Waals surface area contributed by atoms with Crippen molar-refractivity contribution in [2.75, 3.05) is 17.3 Å². The number of nitrogens with one attached hydrogen (secondary N) is 2. The van der Waals surface area contributed by atoms with E-state index in [4.69, 9.17) is 11.6 Å². The molecule has 3 aromatic rings. The fourth-order valence-corrected chi connectivity index (χ4v) is 3.12. The van der Waals surface area contributed by atoms with Gasteiger partial charge in [0.1, 0.15) is 11.9 Å². The van der Waals surface area contributed by atoms with Crippen LogP contribution in [-0.2, 0) is 4.79 Å². The predicted molar refractivity (Wildman–Crippen MR) is 102 cm³/mol. The van der Waals surface area contributed by atoms with Gasteiger partial charge in [-0.25, -0.2) is 4.39 Å². The molecule has 2 N–H and O–H groups in total. The molecular formula is C17H17ClFN5OS. The molecule has 0 radical (unpaired) electrons. The molecule has 0 aliphatic rings. The van der Waals surface area contributed by atoms with E-state index in [1.807, 2.05) is 35.3 Å². The summed E-state index contributed by atoms with van der Waals surface area (Å²) in [6.07, 6.45) is 6.40. The number of anilines is 1. The monoisotopic (exact) mass is 393 g/mol. The second-order valence-electron chi connectivity index (χ2n) is 5.55. The van der Waals surface area contributed by atoms with Crippen molar-refractivity contribution in [2.24, 2.45) is 0 Å². The lowest BCUT2D eigenvalue weighted by Crippen LogP contribution is -2.26. The highest BCUT2D eigenvalue weighted by molar-refractivity contribution is 7.98. The Balaban J connectivity index is 1.74. The van der Waals surface area contributed by atoms with Gasteiger partial charge in [0.15, 0.2) is 5.82 Å². The molecule has 9 heteroatoms. The third-order valence-electron chi connectivity index (χ3n) is 3.80. The molecule has 6 nitrogen and oxygen atoms in total. The molecule has 1 aromatic carbocycles. The molecule has 0 spiro atoms. The molecule has 136 valence electrons. The summed E-state index contributed by atoms with van der Waals surface area (Å²) >= 11 is 7.47. The van der Waals surface area contributed by atoms with Gasteiger partial charge in [-0.15, -0.1) is 5.10 Å². The van der Waals surface area contributed by atoms with Crippen molar-refractivity contribution in [2.45, 2.75) is 12.5 Å². The topological polar surface area (TPSA) is 75.6 Å². The molecule has 0 aliphatic carbocycles. The molecule has 2 heterocycles. The number of hydrogen-bond donors (Lipinski definition) is 2. The van der Waals surface area contributed by atoms with Gasteiger partial charge in [0.25, 0.3) is 0 Å². The fraction of sp³-hybridized carbons (Fsp3) is 0.235. The summed E-state index contributed by atoms with van der Waals surface area (Å²) in [7, 11) is 0. The van der Waals surface area contributed by atoms with E-state index in [1.54, 1.807) is 11.8 Å². The van der Waals surface area contributed by atoms with Gasteiger partial charge in [0, 0.05) is 18.0 Å². The highest BCUT2D eigenvalue weighted by Gasteiger charge is 2.21. The van der Waals surface area contributed by atoms with Crippen molar-refractivity contribution in [3.8, 4) is 11.4 Å². The van der Waals surface area contributed by atoms with E-state index in [2.05, 4.69) is 20.5 Å². The zero-order chi connectivity index (χ0) is 18.5. The Kier molecular flexibility index (Phi) is 5.95. The minimum atomic E-state index is -0.508. The van der Waals surface area contributed by atoms with Crippen LogP contribution in [0, 0.1) is 5.82 Å². The molecule has 0 aliphatic heterocycles. The number of carbonyl (C=O) groups excluding carboxylic acids is 1. The zero-order valence-corrected chi connectivity index (χ0v) is 15.5. The highest BCUT2D eigenvalue weighted by atomic mass is 35.5. The summed E-state index contributed by atoms with van der Waals surface area (Å²) in [6, 6.07) is 7.65. The van der Waals surface area contributed by atoms with Crippen molar-refractivity contribution >= 4 is 35.2 Å². The van der Waals surface area contributed by atoms with Crippen molar-refractivity contribution in [1.82, 2.24) is 19.7 Å². The average Bonchev–Trinajstić information content (AvgIpc) is 3.30. The Morgan fingerprint density at radius 3 is 2.88 bits per heavy atom. The van der Waals surface area contributed by atoms with Gasteiger partial charge in [-0.3, -0.25) is 15.2 Å². The minimum Gasteiger partial charge on any atom is -0.342 e. The Hall–Kier alpha value is -2.32. The maximum absolute atomic E-state index is 13.3. The molecule has 0 saturated heterocycles. The number of H-pyrrole nitrogens is 1. The van der Waals surface area contributed by atoms with E-state index in [0.29, 0.717) is 17.8 Å². The number of aromatic nitrogens is 4. The molecule has 1 atom stereocenters. The number of thioether (sulfide) groups is 1. The Morgan fingerprint density at radius 1 is 1.42 bits per heavy atom. The van der Waals surface area contributed by atoms with Gasteiger partial charge in [-0.05, 0) is 48.8 Å². The number of aromatic amines is 1. The van der Waals surface area contributed by atoms with Crippen molar-refractivity contribution < 1.29 is 9.18 Å². The number of carbonyl (C=O) groups is 1. The standard InChI is InChI=1S/C17H17ClFN5OS/c1-26-9-6-14(24-7-2-3-8-24)16(25)21-17-20-15(22-23-17)11-4-5-13(19)12(18)10-11/h2-5,7-8,10,14H,6,9H2,1H3,(H2,20,21,22,23,25)/t14-/m1/s1. The molecule has 3 rings (SSSR count). The average molecular weight is 394 g/mol. The number of amides is 1. The van der Waals surface area contributed by atoms with E-state index < -0.39 is 5.82 Å². The van der Waals surface area contributed by atoms with Crippen LogP contribution in [-0.4, -0.2) is 37.7 Å². The number of hydrogen-bond acceptors (Lipinski definition) is 4. The molecule has 0 bridgehead atoms. The third-order valence-corrected chi connectivity index (χ3v) is 4.73. The third kappa shape index (κ3) is 4.25. The fourth-order valence-electron chi connectivity index (χ4n) is 2.48. The van der Waals surface area contributed by atoms with Crippen LogP contribution in [0.1, 0.15) is 12.5 Å². The second kappa shape index (κ2) is 8.37. The van der Waals surface area contributed by atoms with Crippen molar-refractivity contribution in [3.63, 3.8) is 0 Å². The van der Waals surface area contributed by atoms with Crippen LogP contribution in [0.2, 0.25) is 5.02 Å².